The van der Waals surface area contributed by atoms with Crippen LogP contribution in [0.4, 0.5) is 0 Å². The molecule has 0 aromatic rings. The first kappa shape index (κ1) is 63.9. The number of phosphoric ester groups is 2. The van der Waals surface area contributed by atoms with Gasteiger partial charge in [0.1, 0.15) is 43.2 Å². The average Bonchev–Trinajstić information content (AvgIpc) is 3.29. The molecule has 0 radical (unpaired) electrons. The summed E-state index contributed by atoms with van der Waals surface area (Å²) in [5, 5.41) is 61.5. The van der Waals surface area contributed by atoms with Gasteiger partial charge in [0.2, 0.25) is 0 Å². The highest BCUT2D eigenvalue weighted by Crippen LogP contribution is 2.49. The number of ether oxygens (including phenoxy) is 2. The Morgan fingerprint density at radius 1 is 0.551 bits per heavy atom. The van der Waals surface area contributed by atoms with Gasteiger partial charge in [-0.1, -0.05) is 143 Å². The fraction of sp³-hybridized carbons (Fsp3) is 0.633. The fourth-order valence-electron chi connectivity index (χ4n) is 6.58. The number of phosphoric acid groups is 2. The summed E-state index contributed by atoms with van der Waals surface area (Å²) in [4.78, 5) is 54.3. The Labute approximate surface area is 408 Å². The topological polar surface area (TPSA) is 296 Å². The summed E-state index contributed by atoms with van der Waals surface area (Å²) in [6.45, 7) is 2.67. The van der Waals surface area contributed by atoms with Crippen LogP contribution in [0.5, 0.6) is 0 Å². The Kier molecular flexibility index (Phi) is 35.6. The Morgan fingerprint density at radius 2 is 1.07 bits per heavy atom. The number of esters is 2. The maximum Gasteiger partial charge on any atom is 0.472 e. The number of aliphatic hydroxyl groups is 6. The molecular formula is C49H80O18P2. The molecule has 0 aromatic carbocycles. The highest BCUT2D eigenvalue weighted by Gasteiger charge is 2.54. The predicted octanol–water partition coefficient (Wildman–Crippen LogP) is 7.11. The van der Waals surface area contributed by atoms with E-state index in [0.717, 1.165) is 77.0 Å². The molecule has 1 aliphatic rings. The highest BCUT2D eigenvalue weighted by molar-refractivity contribution is 7.47. The van der Waals surface area contributed by atoms with E-state index in [0.29, 0.717) is 12.8 Å². The van der Waals surface area contributed by atoms with Gasteiger partial charge in [-0.15, -0.1) is 0 Å². The predicted molar refractivity (Wildman–Crippen MR) is 262 cm³/mol. The van der Waals surface area contributed by atoms with E-state index in [-0.39, 0.29) is 25.7 Å². The van der Waals surface area contributed by atoms with Crippen LogP contribution in [0.1, 0.15) is 129 Å². The second-order valence-corrected chi connectivity index (χ2v) is 19.1. The molecule has 1 saturated carbocycles. The number of unbranched alkanes of at least 4 members (excludes halogenated alkanes) is 6. The standard InChI is InChI=1S/C49H80O18P2/c1-3-5-7-8-9-10-11-12-13-14-15-16-17-18-22-25-29-35-42(52)63-37-41(38-64-69(61,62)67-49-46(56)44(54)45(55)48(47(49)57)66-68(58,59)60)65-43(53)36-30-34-40(51)33-28-24-21-19-20-23-27-32-39(50)31-26-6-4-2/h5,7,9-10,12-13,15-16,20-21,23-24,27-28,32-33,39-41,44-51,54-57H,3-4,6,8,11,14,17-19,22,25-26,29-31,34-38H2,1-2H3,(H,61,62)(H2,58,59,60)/b7-5-,10-9-,13-12-,16-15-,23-20-,24-21-,32-27+,33-28+/t39-,40-,41-,44?,45?,46?,47?,48-,49+/m1/s1. The van der Waals surface area contributed by atoms with E-state index < -0.39 is 95.7 Å². The average molecular weight is 1020 g/mol. The molecule has 0 bridgehead atoms. The summed E-state index contributed by atoms with van der Waals surface area (Å²) in [7, 11) is -10.8. The molecule has 394 valence electrons. The third-order valence-electron chi connectivity index (χ3n) is 10.3. The smallest absolute Gasteiger partial charge is 0.462 e. The molecule has 20 heteroatoms. The van der Waals surface area contributed by atoms with Gasteiger partial charge in [-0.05, 0) is 70.6 Å². The molecule has 1 rings (SSSR count). The summed E-state index contributed by atoms with van der Waals surface area (Å²) in [6, 6.07) is 0. The molecule has 1 fully saturated rings. The maximum absolute atomic E-state index is 13.0. The van der Waals surface area contributed by atoms with E-state index in [1.165, 1.54) is 0 Å². The lowest BCUT2D eigenvalue weighted by atomic mass is 9.85. The first-order valence-electron chi connectivity index (χ1n) is 24.0. The van der Waals surface area contributed by atoms with Crippen LogP contribution in [-0.4, -0.2) is 125 Å². The van der Waals surface area contributed by atoms with Gasteiger partial charge in [0.25, 0.3) is 0 Å². The Bertz CT molecular complexity index is 1740. The molecule has 9 N–H and O–H groups in total. The van der Waals surface area contributed by atoms with Crippen LogP contribution in [0.15, 0.2) is 97.2 Å². The molecule has 0 saturated heterocycles. The molecule has 1 aliphatic carbocycles. The van der Waals surface area contributed by atoms with Gasteiger partial charge in [0.05, 0.1) is 18.8 Å². The lowest BCUT2D eigenvalue weighted by Gasteiger charge is -2.43. The van der Waals surface area contributed by atoms with Crippen LogP contribution in [0, 0.1) is 0 Å². The molecule has 0 aliphatic heterocycles. The number of carbonyl (C=O) groups is 2. The molecule has 0 amide bonds. The van der Waals surface area contributed by atoms with Crippen molar-refractivity contribution in [2.24, 2.45) is 0 Å². The number of hydrogen-bond acceptors (Lipinski definition) is 15. The van der Waals surface area contributed by atoms with Crippen LogP contribution in [0.2, 0.25) is 0 Å². The Balaban J connectivity index is 2.72. The van der Waals surface area contributed by atoms with E-state index in [2.05, 4.69) is 67.0 Å². The maximum atomic E-state index is 13.0. The normalized spacial score (nSPS) is 22.9. The van der Waals surface area contributed by atoms with Crippen LogP contribution >= 0.6 is 15.6 Å². The Hall–Kier alpha value is -3.16. The van der Waals surface area contributed by atoms with Crippen molar-refractivity contribution in [2.45, 2.75) is 184 Å². The molecular weight excluding hydrogens is 938 g/mol. The molecule has 10 atom stereocenters. The summed E-state index contributed by atoms with van der Waals surface area (Å²) in [5.74, 6) is -1.47. The van der Waals surface area contributed by atoms with Gasteiger partial charge in [-0.2, -0.15) is 0 Å². The third kappa shape index (κ3) is 33.2. The number of carbonyl (C=O) groups excluding carboxylic acids is 2. The largest absolute Gasteiger partial charge is 0.472 e. The molecule has 5 unspecified atom stereocenters. The first-order chi connectivity index (χ1) is 32.9. The van der Waals surface area contributed by atoms with Crippen LogP contribution in [0.25, 0.3) is 0 Å². The Morgan fingerprint density at radius 3 is 1.65 bits per heavy atom. The highest BCUT2D eigenvalue weighted by atomic mass is 31.2. The summed E-state index contributed by atoms with van der Waals surface area (Å²) >= 11 is 0. The lowest BCUT2D eigenvalue weighted by molar-refractivity contribution is -0.216. The molecule has 0 heterocycles. The van der Waals surface area contributed by atoms with E-state index >= 15 is 0 Å². The number of aliphatic hydroxyl groups excluding tert-OH is 6. The molecule has 69 heavy (non-hydrogen) atoms. The van der Waals surface area contributed by atoms with Crippen molar-refractivity contribution < 1.29 is 87.1 Å². The summed E-state index contributed by atoms with van der Waals surface area (Å²) < 4.78 is 49.2. The number of hydrogen-bond donors (Lipinski definition) is 9. The van der Waals surface area contributed by atoms with Crippen LogP contribution in [-0.2, 0) is 41.8 Å². The van der Waals surface area contributed by atoms with Gasteiger partial charge in [-0.3, -0.25) is 23.2 Å². The van der Waals surface area contributed by atoms with Crippen molar-refractivity contribution >= 4 is 27.6 Å². The number of rotatable bonds is 38. The van der Waals surface area contributed by atoms with E-state index in [9.17, 15) is 64.0 Å². The lowest BCUT2D eigenvalue weighted by Crippen LogP contribution is -2.64. The monoisotopic (exact) mass is 1020 g/mol. The van der Waals surface area contributed by atoms with Crippen molar-refractivity contribution in [2.75, 3.05) is 13.2 Å². The van der Waals surface area contributed by atoms with Crippen LogP contribution < -0.4 is 0 Å². The zero-order chi connectivity index (χ0) is 51.3. The summed E-state index contributed by atoms with van der Waals surface area (Å²) in [5.41, 5.74) is 0. The van der Waals surface area contributed by atoms with Gasteiger partial charge in [0.15, 0.2) is 6.10 Å². The minimum Gasteiger partial charge on any atom is -0.462 e. The SMILES string of the molecule is CC/C=C\C/C=C\C/C=C\C/C=C\CCCCCCC(=O)OC[C@H](COP(=O)(O)O[C@H]1C(O)C(O)C(O)[C@@H](OP(=O)(O)O)C1O)OC(=O)CCC[C@H](O)/C=C/C=C\C/C=C\C=C\[C@H](O)CCCCC. The van der Waals surface area contributed by atoms with Gasteiger partial charge in [0, 0.05) is 12.8 Å². The van der Waals surface area contributed by atoms with Crippen molar-refractivity contribution in [1.29, 1.82) is 0 Å². The first-order valence-corrected chi connectivity index (χ1v) is 27.0. The van der Waals surface area contributed by atoms with Gasteiger partial charge in [-0.25, -0.2) is 9.13 Å². The van der Waals surface area contributed by atoms with Crippen molar-refractivity contribution in [1.82, 2.24) is 0 Å². The second kappa shape index (κ2) is 38.5. The van der Waals surface area contributed by atoms with Crippen molar-refractivity contribution in [3.8, 4) is 0 Å². The van der Waals surface area contributed by atoms with Crippen molar-refractivity contribution in [3.63, 3.8) is 0 Å². The van der Waals surface area contributed by atoms with E-state index in [1.54, 1.807) is 30.4 Å². The molecule has 0 spiro atoms. The molecule has 0 aromatic heterocycles. The van der Waals surface area contributed by atoms with E-state index in [4.69, 9.17) is 18.5 Å². The van der Waals surface area contributed by atoms with E-state index in [1.807, 2.05) is 18.2 Å². The fourth-order valence-corrected chi connectivity index (χ4v) is 8.12. The zero-order valence-electron chi connectivity index (χ0n) is 40.2. The second-order valence-electron chi connectivity index (χ2n) is 16.5. The van der Waals surface area contributed by atoms with Crippen molar-refractivity contribution in [3.05, 3.63) is 97.2 Å². The van der Waals surface area contributed by atoms with Crippen LogP contribution in [0.3, 0.4) is 0 Å². The summed E-state index contributed by atoms with van der Waals surface area (Å²) in [6.07, 6.45) is 27.0. The van der Waals surface area contributed by atoms with Gasteiger partial charge >= 0.3 is 27.6 Å². The van der Waals surface area contributed by atoms with Gasteiger partial charge < -0.3 is 54.8 Å². The minimum absolute atomic E-state index is 0.0372. The zero-order valence-corrected chi connectivity index (χ0v) is 42.0. The molecule has 18 nitrogen and oxygen atoms in total. The third-order valence-corrected chi connectivity index (χ3v) is 11.9. The quantitative estimate of drug-likeness (QED) is 0.00978. The minimum atomic E-state index is -5.40. The number of allylic oxidation sites excluding steroid dienone is 14.